The lowest BCUT2D eigenvalue weighted by atomic mass is 10.0. The first kappa shape index (κ1) is 15.9. The number of rotatable bonds is 6. The highest BCUT2D eigenvalue weighted by Gasteiger charge is 2.26. The van der Waals surface area contributed by atoms with Gasteiger partial charge in [-0.3, -0.25) is 9.69 Å². The fourth-order valence-electron chi connectivity index (χ4n) is 2.66. The van der Waals surface area contributed by atoms with Crippen molar-refractivity contribution in [3.8, 4) is 0 Å². The van der Waals surface area contributed by atoms with E-state index in [1.807, 2.05) is 0 Å². The van der Waals surface area contributed by atoms with Crippen molar-refractivity contribution in [2.45, 2.75) is 25.9 Å². The number of likely N-dealkylation sites (tertiary alicyclic amines) is 1. The van der Waals surface area contributed by atoms with Crippen molar-refractivity contribution >= 4 is 5.91 Å². The number of hydrogen-bond acceptors (Lipinski definition) is 3. The van der Waals surface area contributed by atoms with E-state index in [9.17, 15) is 14.3 Å². The molecule has 1 aliphatic rings. The first-order chi connectivity index (χ1) is 10.0. The van der Waals surface area contributed by atoms with Crippen LogP contribution in [0.15, 0.2) is 24.3 Å². The monoisotopic (exact) mass is 294 g/mol. The maximum Gasteiger partial charge on any atom is 0.234 e. The largest absolute Gasteiger partial charge is 0.393 e. The van der Waals surface area contributed by atoms with Crippen LogP contribution in [-0.2, 0) is 11.2 Å². The van der Waals surface area contributed by atoms with Gasteiger partial charge in [0, 0.05) is 13.1 Å². The van der Waals surface area contributed by atoms with Gasteiger partial charge in [0.05, 0.1) is 12.6 Å². The van der Waals surface area contributed by atoms with Crippen molar-refractivity contribution in [2.75, 3.05) is 26.2 Å². The third-order valence-electron chi connectivity index (χ3n) is 4.01. The third kappa shape index (κ3) is 5.10. The van der Waals surface area contributed by atoms with E-state index in [4.69, 9.17) is 0 Å². The summed E-state index contributed by atoms with van der Waals surface area (Å²) in [6.07, 6.45) is 1.33. The number of amides is 1. The number of aliphatic hydroxyl groups excluding tert-OH is 1. The molecule has 1 aromatic carbocycles. The molecule has 0 aliphatic carbocycles. The summed E-state index contributed by atoms with van der Waals surface area (Å²) in [5.41, 5.74) is 1.01. The van der Waals surface area contributed by atoms with Crippen LogP contribution in [0.3, 0.4) is 0 Å². The first-order valence-electron chi connectivity index (χ1n) is 7.46. The summed E-state index contributed by atoms with van der Waals surface area (Å²) in [6.45, 7) is 4.38. The van der Waals surface area contributed by atoms with Gasteiger partial charge in [-0.2, -0.15) is 0 Å². The molecule has 0 aromatic heterocycles. The molecule has 1 fully saturated rings. The van der Waals surface area contributed by atoms with Gasteiger partial charge in [-0.1, -0.05) is 12.1 Å². The molecule has 1 aromatic rings. The van der Waals surface area contributed by atoms with Crippen molar-refractivity contribution in [3.63, 3.8) is 0 Å². The Hall–Kier alpha value is -1.46. The Balaban J connectivity index is 1.65. The Morgan fingerprint density at radius 2 is 2.19 bits per heavy atom. The van der Waals surface area contributed by atoms with Gasteiger partial charge in [0.25, 0.3) is 0 Å². The smallest absolute Gasteiger partial charge is 0.234 e. The van der Waals surface area contributed by atoms with Crippen molar-refractivity contribution in [1.82, 2.24) is 10.2 Å². The standard InChI is InChI=1S/C16H23FN2O2/c1-12(20)14-7-9-19(10-14)11-16(21)18-8-6-13-2-4-15(17)5-3-13/h2-5,12,14,20H,6-11H2,1H3,(H,18,21). The summed E-state index contributed by atoms with van der Waals surface area (Å²) in [5.74, 6) is 0.0323. The molecule has 0 bridgehead atoms. The molecular weight excluding hydrogens is 271 g/mol. The van der Waals surface area contributed by atoms with Crippen molar-refractivity contribution in [2.24, 2.45) is 5.92 Å². The highest BCUT2D eigenvalue weighted by molar-refractivity contribution is 5.78. The SMILES string of the molecule is CC(O)C1CCN(CC(=O)NCCc2ccc(F)cc2)C1. The summed E-state index contributed by atoms with van der Waals surface area (Å²) in [5, 5.41) is 12.4. The molecule has 1 saturated heterocycles. The van der Waals surface area contributed by atoms with Gasteiger partial charge < -0.3 is 10.4 Å². The van der Waals surface area contributed by atoms with Gasteiger partial charge >= 0.3 is 0 Å². The minimum Gasteiger partial charge on any atom is -0.393 e. The van der Waals surface area contributed by atoms with Crippen molar-refractivity contribution < 1.29 is 14.3 Å². The summed E-state index contributed by atoms with van der Waals surface area (Å²) in [4.78, 5) is 13.9. The molecule has 116 valence electrons. The van der Waals surface area contributed by atoms with Crippen LogP contribution in [0, 0.1) is 11.7 Å². The van der Waals surface area contributed by atoms with Gasteiger partial charge in [0.2, 0.25) is 5.91 Å². The summed E-state index contributed by atoms with van der Waals surface area (Å²) < 4.78 is 12.8. The van der Waals surface area contributed by atoms with E-state index >= 15 is 0 Å². The number of carbonyl (C=O) groups excluding carboxylic acids is 1. The fourth-order valence-corrected chi connectivity index (χ4v) is 2.66. The van der Waals surface area contributed by atoms with E-state index in [1.54, 1.807) is 19.1 Å². The van der Waals surface area contributed by atoms with E-state index in [-0.39, 0.29) is 23.7 Å². The van der Waals surface area contributed by atoms with Gasteiger partial charge in [-0.05, 0) is 49.9 Å². The molecule has 2 atom stereocenters. The molecule has 0 radical (unpaired) electrons. The molecule has 2 N–H and O–H groups in total. The van der Waals surface area contributed by atoms with Crippen LogP contribution < -0.4 is 5.32 Å². The highest BCUT2D eigenvalue weighted by Crippen LogP contribution is 2.18. The zero-order valence-electron chi connectivity index (χ0n) is 12.4. The average Bonchev–Trinajstić information content (AvgIpc) is 2.90. The summed E-state index contributed by atoms with van der Waals surface area (Å²) in [6, 6.07) is 6.32. The molecule has 0 spiro atoms. The second-order valence-electron chi connectivity index (χ2n) is 5.75. The van der Waals surface area contributed by atoms with E-state index in [0.717, 1.165) is 25.1 Å². The first-order valence-corrected chi connectivity index (χ1v) is 7.46. The molecule has 0 saturated carbocycles. The normalized spacial score (nSPS) is 20.4. The van der Waals surface area contributed by atoms with E-state index in [2.05, 4.69) is 10.2 Å². The Kier molecular flexibility index (Phi) is 5.70. The predicted molar refractivity (Wildman–Crippen MR) is 79.3 cm³/mol. The zero-order chi connectivity index (χ0) is 15.2. The van der Waals surface area contributed by atoms with E-state index in [1.165, 1.54) is 12.1 Å². The van der Waals surface area contributed by atoms with Crippen LogP contribution >= 0.6 is 0 Å². The number of hydrogen-bond donors (Lipinski definition) is 2. The zero-order valence-corrected chi connectivity index (χ0v) is 12.4. The van der Waals surface area contributed by atoms with Crippen molar-refractivity contribution in [1.29, 1.82) is 0 Å². The van der Waals surface area contributed by atoms with Crippen LogP contribution in [0.1, 0.15) is 18.9 Å². The number of carbonyl (C=O) groups is 1. The number of nitrogens with one attached hydrogen (secondary N) is 1. The van der Waals surface area contributed by atoms with Crippen LogP contribution in [0.4, 0.5) is 4.39 Å². The summed E-state index contributed by atoms with van der Waals surface area (Å²) in [7, 11) is 0. The number of halogens is 1. The van der Waals surface area contributed by atoms with Crippen LogP contribution in [0.5, 0.6) is 0 Å². The van der Waals surface area contributed by atoms with E-state index in [0.29, 0.717) is 19.5 Å². The third-order valence-corrected chi connectivity index (χ3v) is 4.01. The minimum atomic E-state index is -0.309. The number of aliphatic hydroxyl groups is 1. The van der Waals surface area contributed by atoms with Gasteiger partial charge in [0.1, 0.15) is 5.82 Å². The highest BCUT2D eigenvalue weighted by atomic mass is 19.1. The second-order valence-corrected chi connectivity index (χ2v) is 5.75. The van der Waals surface area contributed by atoms with Crippen LogP contribution in [0.2, 0.25) is 0 Å². The molecule has 4 nitrogen and oxygen atoms in total. The Morgan fingerprint density at radius 1 is 1.48 bits per heavy atom. The van der Waals surface area contributed by atoms with E-state index < -0.39 is 0 Å². The maximum atomic E-state index is 12.8. The molecule has 1 amide bonds. The Bertz CT molecular complexity index is 462. The molecule has 21 heavy (non-hydrogen) atoms. The lowest BCUT2D eigenvalue weighted by Crippen LogP contribution is -2.37. The molecule has 2 rings (SSSR count). The average molecular weight is 294 g/mol. The van der Waals surface area contributed by atoms with Gasteiger partial charge in [-0.25, -0.2) is 4.39 Å². The number of benzene rings is 1. The lowest BCUT2D eigenvalue weighted by molar-refractivity contribution is -0.122. The Labute approximate surface area is 125 Å². The molecular formula is C16H23FN2O2. The lowest BCUT2D eigenvalue weighted by Gasteiger charge is -2.16. The van der Waals surface area contributed by atoms with Crippen LogP contribution in [0.25, 0.3) is 0 Å². The van der Waals surface area contributed by atoms with Crippen LogP contribution in [-0.4, -0.2) is 48.2 Å². The fraction of sp³-hybridized carbons (Fsp3) is 0.562. The maximum absolute atomic E-state index is 12.8. The summed E-state index contributed by atoms with van der Waals surface area (Å²) >= 11 is 0. The second kappa shape index (κ2) is 7.52. The molecule has 1 aliphatic heterocycles. The molecule has 5 heteroatoms. The number of nitrogens with zero attached hydrogens (tertiary/aromatic N) is 1. The minimum absolute atomic E-state index is 0.00311. The predicted octanol–water partition coefficient (Wildman–Crippen LogP) is 1.19. The topological polar surface area (TPSA) is 52.6 Å². The van der Waals surface area contributed by atoms with Gasteiger partial charge in [-0.15, -0.1) is 0 Å². The van der Waals surface area contributed by atoms with Gasteiger partial charge in [0.15, 0.2) is 0 Å². The molecule has 1 heterocycles. The quantitative estimate of drug-likeness (QED) is 0.828. The molecule has 2 unspecified atom stereocenters. The Morgan fingerprint density at radius 3 is 2.81 bits per heavy atom. The van der Waals surface area contributed by atoms with Crippen molar-refractivity contribution in [3.05, 3.63) is 35.6 Å².